The molecule has 1 heterocycles. The summed E-state index contributed by atoms with van der Waals surface area (Å²) >= 11 is 3.96. The van der Waals surface area contributed by atoms with Crippen LogP contribution in [0.15, 0.2) is 24.3 Å². The fourth-order valence-electron chi connectivity index (χ4n) is 2.17. The molecule has 18 heavy (non-hydrogen) atoms. The molecule has 2 atom stereocenters. The Morgan fingerprint density at radius 1 is 1.39 bits per heavy atom. The SMILES string of the molecule is CCCNC(c1ccccc1F)C1CSCCS1. The molecule has 1 saturated heterocycles. The van der Waals surface area contributed by atoms with Crippen molar-refractivity contribution >= 4 is 23.5 Å². The van der Waals surface area contributed by atoms with Crippen LogP contribution in [0, 0.1) is 5.82 Å². The van der Waals surface area contributed by atoms with E-state index in [1.807, 2.05) is 35.7 Å². The van der Waals surface area contributed by atoms with E-state index in [1.165, 1.54) is 11.5 Å². The smallest absolute Gasteiger partial charge is 0.128 e. The van der Waals surface area contributed by atoms with E-state index in [0.717, 1.165) is 24.3 Å². The van der Waals surface area contributed by atoms with Crippen molar-refractivity contribution in [1.82, 2.24) is 5.32 Å². The molecule has 1 N–H and O–H groups in total. The van der Waals surface area contributed by atoms with Crippen LogP contribution in [-0.4, -0.2) is 29.1 Å². The molecule has 0 bridgehead atoms. The molecule has 0 spiro atoms. The highest BCUT2D eigenvalue weighted by molar-refractivity contribution is 8.06. The van der Waals surface area contributed by atoms with E-state index in [9.17, 15) is 4.39 Å². The van der Waals surface area contributed by atoms with Gasteiger partial charge in [-0.05, 0) is 19.0 Å². The number of benzene rings is 1. The van der Waals surface area contributed by atoms with Crippen LogP contribution >= 0.6 is 23.5 Å². The highest BCUT2D eigenvalue weighted by Gasteiger charge is 2.27. The van der Waals surface area contributed by atoms with E-state index < -0.39 is 0 Å². The Bertz CT molecular complexity index is 367. The number of thioether (sulfide) groups is 2. The van der Waals surface area contributed by atoms with Crippen LogP contribution in [0.5, 0.6) is 0 Å². The topological polar surface area (TPSA) is 12.0 Å². The number of hydrogen-bond donors (Lipinski definition) is 1. The summed E-state index contributed by atoms with van der Waals surface area (Å²) in [6.07, 6.45) is 1.08. The molecule has 0 radical (unpaired) electrons. The van der Waals surface area contributed by atoms with Gasteiger partial charge in [0.05, 0.1) is 0 Å². The van der Waals surface area contributed by atoms with Crippen LogP contribution in [0.25, 0.3) is 0 Å². The summed E-state index contributed by atoms with van der Waals surface area (Å²) < 4.78 is 14.0. The molecule has 1 fully saturated rings. The second-order valence-electron chi connectivity index (χ2n) is 4.44. The molecule has 0 aromatic heterocycles. The van der Waals surface area contributed by atoms with Crippen molar-refractivity contribution in [2.24, 2.45) is 0 Å². The normalized spacial score (nSPS) is 21.8. The minimum atomic E-state index is -0.0812. The Balaban J connectivity index is 2.15. The number of halogens is 1. The van der Waals surface area contributed by atoms with E-state index in [2.05, 4.69) is 12.2 Å². The van der Waals surface area contributed by atoms with E-state index >= 15 is 0 Å². The Hall–Kier alpha value is -0.190. The summed E-state index contributed by atoms with van der Waals surface area (Å²) in [5.74, 6) is 3.43. The van der Waals surface area contributed by atoms with Crippen molar-refractivity contribution in [1.29, 1.82) is 0 Å². The Morgan fingerprint density at radius 2 is 2.22 bits per heavy atom. The first-order chi connectivity index (χ1) is 8.83. The lowest BCUT2D eigenvalue weighted by molar-refractivity contribution is 0.498. The zero-order chi connectivity index (χ0) is 12.8. The molecule has 0 saturated carbocycles. The lowest BCUT2D eigenvalue weighted by atomic mass is 10.0. The van der Waals surface area contributed by atoms with Crippen molar-refractivity contribution in [2.75, 3.05) is 23.8 Å². The molecule has 1 aliphatic rings. The zero-order valence-corrected chi connectivity index (χ0v) is 12.3. The Kier molecular flexibility index (Phi) is 5.86. The van der Waals surface area contributed by atoms with Crippen molar-refractivity contribution in [3.05, 3.63) is 35.6 Å². The first kappa shape index (κ1) is 14.2. The van der Waals surface area contributed by atoms with Crippen LogP contribution in [0.3, 0.4) is 0 Å². The lowest BCUT2D eigenvalue weighted by Gasteiger charge is -2.31. The number of hydrogen-bond acceptors (Lipinski definition) is 3. The molecule has 0 aliphatic carbocycles. The third-order valence-electron chi connectivity index (χ3n) is 3.07. The molecule has 2 rings (SSSR count). The molecule has 2 unspecified atom stereocenters. The van der Waals surface area contributed by atoms with E-state index in [4.69, 9.17) is 0 Å². The first-order valence-corrected chi connectivity index (χ1v) is 8.70. The van der Waals surface area contributed by atoms with Crippen LogP contribution in [0.4, 0.5) is 4.39 Å². The maximum absolute atomic E-state index is 14.0. The second-order valence-corrected chi connectivity index (χ2v) is 6.93. The fraction of sp³-hybridized carbons (Fsp3) is 0.571. The van der Waals surface area contributed by atoms with Crippen LogP contribution in [-0.2, 0) is 0 Å². The quantitative estimate of drug-likeness (QED) is 0.885. The van der Waals surface area contributed by atoms with Gasteiger partial charge >= 0.3 is 0 Å². The van der Waals surface area contributed by atoms with Gasteiger partial charge in [-0.25, -0.2) is 4.39 Å². The highest BCUT2D eigenvalue weighted by Crippen LogP contribution is 2.34. The van der Waals surface area contributed by atoms with Gasteiger partial charge in [-0.2, -0.15) is 23.5 Å². The molecule has 1 nitrogen and oxygen atoms in total. The minimum Gasteiger partial charge on any atom is -0.309 e. The summed E-state index contributed by atoms with van der Waals surface area (Å²) in [7, 11) is 0. The predicted molar refractivity (Wildman–Crippen MR) is 81.0 cm³/mol. The summed E-state index contributed by atoms with van der Waals surface area (Å²) in [6.45, 7) is 3.09. The Morgan fingerprint density at radius 3 is 2.89 bits per heavy atom. The van der Waals surface area contributed by atoms with Gasteiger partial charge < -0.3 is 5.32 Å². The molecule has 1 aromatic rings. The maximum Gasteiger partial charge on any atom is 0.128 e. The Labute approximate surface area is 117 Å². The number of nitrogens with one attached hydrogen (secondary N) is 1. The van der Waals surface area contributed by atoms with Gasteiger partial charge in [-0.3, -0.25) is 0 Å². The molecule has 1 aromatic carbocycles. The monoisotopic (exact) mass is 285 g/mol. The van der Waals surface area contributed by atoms with Crippen LogP contribution in [0.1, 0.15) is 24.9 Å². The zero-order valence-electron chi connectivity index (χ0n) is 10.7. The largest absolute Gasteiger partial charge is 0.309 e. The average Bonchev–Trinajstić information content (AvgIpc) is 2.42. The highest BCUT2D eigenvalue weighted by atomic mass is 32.2. The molecular formula is C14H20FNS2. The predicted octanol–water partition coefficient (Wildman–Crippen LogP) is 3.72. The third kappa shape index (κ3) is 3.65. The van der Waals surface area contributed by atoms with Crippen molar-refractivity contribution in [3.63, 3.8) is 0 Å². The fourth-order valence-corrected chi connectivity index (χ4v) is 5.03. The van der Waals surface area contributed by atoms with Crippen LogP contribution < -0.4 is 5.32 Å². The minimum absolute atomic E-state index is 0.0812. The molecular weight excluding hydrogens is 265 g/mol. The molecule has 100 valence electrons. The summed E-state index contributed by atoms with van der Waals surface area (Å²) in [4.78, 5) is 0. The van der Waals surface area contributed by atoms with Gasteiger partial charge in [-0.15, -0.1) is 0 Å². The van der Waals surface area contributed by atoms with Crippen LogP contribution in [0.2, 0.25) is 0 Å². The first-order valence-electron chi connectivity index (χ1n) is 6.50. The summed E-state index contributed by atoms with van der Waals surface area (Å²) in [5.41, 5.74) is 0.825. The third-order valence-corrected chi connectivity index (χ3v) is 5.93. The van der Waals surface area contributed by atoms with Gasteiger partial charge in [0.1, 0.15) is 5.82 Å². The molecule has 1 aliphatic heterocycles. The number of rotatable bonds is 5. The van der Waals surface area contributed by atoms with Gasteiger partial charge in [0.15, 0.2) is 0 Å². The van der Waals surface area contributed by atoms with E-state index in [1.54, 1.807) is 12.1 Å². The molecule has 4 heteroatoms. The van der Waals surface area contributed by atoms with Gasteiger partial charge in [0.2, 0.25) is 0 Å². The molecule has 0 amide bonds. The van der Waals surface area contributed by atoms with E-state index in [0.29, 0.717) is 5.25 Å². The average molecular weight is 285 g/mol. The van der Waals surface area contributed by atoms with Gasteiger partial charge in [0, 0.05) is 34.1 Å². The standard InChI is InChI=1S/C14H20FNS2/c1-2-7-16-14(13-10-17-8-9-18-13)11-5-3-4-6-12(11)15/h3-6,13-14,16H,2,7-10H2,1H3. The van der Waals surface area contributed by atoms with E-state index in [-0.39, 0.29) is 11.9 Å². The lowest BCUT2D eigenvalue weighted by Crippen LogP contribution is -2.34. The van der Waals surface area contributed by atoms with Gasteiger partial charge in [0.25, 0.3) is 0 Å². The van der Waals surface area contributed by atoms with Gasteiger partial charge in [-0.1, -0.05) is 25.1 Å². The van der Waals surface area contributed by atoms with Crippen molar-refractivity contribution in [3.8, 4) is 0 Å². The second kappa shape index (κ2) is 7.41. The summed E-state index contributed by atoms with van der Waals surface area (Å²) in [5, 5.41) is 4.00. The van der Waals surface area contributed by atoms with Crippen molar-refractivity contribution in [2.45, 2.75) is 24.6 Å². The maximum atomic E-state index is 14.0. The summed E-state index contributed by atoms with van der Waals surface area (Å²) in [6, 6.07) is 7.32. The van der Waals surface area contributed by atoms with Crippen molar-refractivity contribution < 1.29 is 4.39 Å².